The topological polar surface area (TPSA) is 41.1 Å². The molecule has 0 bridgehead atoms. The minimum Gasteiger partial charge on any atom is -0.355 e. The minimum atomic E-state index is 0.101. The monoisotopic (exact) mass is 232 g/mol. The molecule has 0 aliphatic rings. The van der Waals surface area contributed by atoms with E-state index >= 15 is 0 Å². The van der Waals surface area contributed by atoms with Crippen molar-refractivity contribution >= 4 is 17.7 Å². The minimum absolute atomic E-state index is 0.101. The second-order valence-electron chi connectivity index (χ2n) is 3.87. The molecule has 0 aromatic heterocycles. The van der Waals surface area contributed by atoms with E-state index in [0.717, 1.165) is 25.3 Å². The predicted molar refractivity (Wildman–Crippen MR) is 68.3 cm³/mol. The molecule has 1 unspecified atom stereocenters. The molecule has 2 N–H and O–H groups in total. The first-order valence-electron chi connectivity index (χ1n) is 5.67. The first-order valence-corrected chi connectivity index (χ1v) is 6.72. The van der Waals surface area contributed by atoms with Gasteiger partial charge in [0.2, 0.25) is 5.91 Å². The van der Waals surface area contributed by atoms with Crippen LogP contribution in [0.2, 0.25) is 0 Å². The van der Waals surface area contributed by atoms with Crippen molar-refractivity contribution in [1.29, 1.82) is 0 Å². The molecule has 1 atom stereocenters. The van der Waals surface area contributed by atoms with Crippen LogP contribution < -0.4 is 10.6 Å². The van der Waals surface area contributed by atoms with Crippen LogP contribution in [0, 0.1) is 5.92 Å². The number of hydrogen-bond acceptors (Lipinski definition) is 3. The molecule has 0 saturated carbocycles. The van der Waals surface area contributed by atoms with Gasteiger partial charge in [-0.15, -0.1) is 11.8 Å². The second kappa shape index (κ2) is 9.04. The van der Waals surface area contributed by atoms with E-state index in [0.29, 0.717) is 5.92 Å². The molecule has 0 radical (unpaired) electrons. The lowest BCUT2D eigenvalue weighted by atomic mass is 10.1. The Morgan fingerprint density at radius 3 is 2.47 bits per heavy atom. The number of hydrogen-bond donors (Lipinski definition) is 2. The average molecular weight is 232 g/mol. The first-order chi connectivity index (χ1) is 7.13. The van der Waals surface area contributed by atoms with E-state index in [-0.39, 0.29) is 11.2 Å². The summed E-state index contributed by atoms with van der Waals surface area (Å²) >= 11 is 1.73. The molecule has 4 heteroatoms. The van der Waals surface area contributed by atoms with E-state index in [4.69, 9.17) is 0 Å². The van der Waals surface area contributed by atoms with Crippen molar-refractivity contribution in [2.24, 2.45) is 5.92 Å². The van der Waals surface area contributed by atoms with Gasteiger partial charge in [0.15, 0.2) is 0 Å². The highest BCUT2D eigenvalue weighted by Gasteiger charge is 2.21. The Labute approximate surface area is 97.8 Å². The maximum Gasteiger partial charge on any atom is 0.233 e. The molecular formula is C11H24N2OS. The summed E-state index contributed by atoms with van der Waals surface area (Å²) in [6.07, 6.45) is 0.990. The number of carbonyl (C=O) groups excluding carboxylic acids is 1. The van der Waals surface area contributed by atoms with Gasteiger partial charge in [0.1, 0.15) is 0 Å². The van der Waals surface area contributed by atoms with E-state index < -0.39 is 0 Å². The fourth-order valence-corrected chi connectivity index (χ4v) is 2.31. The van der Waals surface area contributed by atoms with Crippen LogP contribution in [0.1, 0.15) is 27.2 Å². The van der Waals surface area contributed by atoms with Crippen LogP contribution in [-0.4, -0.2) is 37.0 Å². The molecule has 0 aliphatic carbocycles. The zero-order valence-electron chi connectivity index (χ0n) is 10.3. The maximum atomic E-state index is 11.8. The second-order valence-corrected chi connectivity index (χ2v) is 5.29. The van der Waals surface area contributed by atoms with E-state index in [1.54, 1.807) is 11.8 Å². The van der Waals surface area contributed by atoms with Crippen molar-refractivity contribution in [2.75, 3.05) is 25.9 Å². The van der Waals surface area contributed by atoms with Gasteiger partial charge in [0.05, 0.1) is 5.25 Å². The van der Waals surface area contributed by atoms with Gasteiger partial charge in [-0.3, -0.25) is 4.79 Å². The molecular weight excluding hydrogens is 208 g/mol. The van der Waals surface area contributed by atoms with E-state index in [1.165, 1.54) is 0 Å². The van der Waals surface area contributed by atoms with Crippen molar-refractivity contribution in [3.05, 3.63) is 0 Å². The van der Waals surface area contributed by atoms with E-state index in [9.17, 15) is 4.79 Å². The Morgan fingerprint density at radius 2 is 2.00 bits per heavy atom. The highest BCUT2D eigenvalue weighted by atomic mass is 32.2. The summed E-state index contributed by atoms with van der Waals surface area (Å²) in [5.41, 5.74) is 0. The highest BCUT2D eigenvalue weighted by molar-refractivity contribution is 8.00. The quantitative estimate of drug-likeness (QED) is 0.623. The van der Waals surface area contributed by atoms with Crippen molar-refractivity contribution in [1.82, 2.24) is 10.6 Å². The lowest BCUT2D eigenvalue weighted by molar-refractivity contribution is -0.121. The summed E-state index contributed by atoms with van der Waals surface area (Å²) in [7, 11) is 1.92. The van der Waals surface area contributed by atoms with Gasteiger partial charge in [0.25, 0.3) is 0 Å². The molecule has 0 rings (SSSR count). The number of nitrogens with one attached hydrogen (secondary N) is 2. The Hall–Kier alpha value is -0.220. The summed E-state index contributed by atoms with van der Waals surface area (Å²) in [4.78, 5) is 11.8. The molecule has 0 saturated heterocycles. The zero-order valence-corrected chi connectivity index (χ0v) is 11.1. The third kappa shape index (κ3) is 6.79. The molecule has 0 spiro atoms. The third-order valence-electron chi connectivity index (χ3n) is 2.11. The SMILES string of the molecule is CCSC(C(=O)NCCCNC)C(C)C. The normalized spacial score (nSPS) is 12.9. The Balaban J connectivity index is 3.82. The molecule has 3 nitrogen and oxygen atoms in total. The number of thioether (sulfide) groups is 1. The molecule has 0 fully saturated rings. The van der Waals surface area contributed by atoms with Gasteiger partial charge >= 0.3 is 0 Å². The summed E-state index contributed by atoms with van der Waals surface area (Å²) in [6.45, 7) is 8.01. The maximum absolute atomic E-state index is 11.8. The van der Waals surface area contributed by atoms with Crippen molar-refractivity contribution < 1.29 is 4.79 Å². The van der Waals surface area contributed by atoms with Crippen LogP contribution in [0.15, 0.2) is 0 Å². The van der Waals surface area contributed by atoms with Crippen molar-refractivity contribution in [3.8, 4) is 0 Å². The number of rotatable bonds is 8. The molecule has 0 aromatic carbocycles. The summed E-state index contributed by atoms with van der Waals surface area (Å²) < 4.78 is 0. The van der Waals surface area contributed by atoms with Gasteiger partial charge in [0, 0.05) is 6.54 Å². The van der Waals surface area contributed by atoms with Crippen LogP contribution in [-0.2, 0) is 4.79 Å². The summed E-state index contributed by atoms with van der Waals surface area (Å²) in [5.74, 6) is 1.58. The fourth-order valence-electron chi connectivity index (χ4n) is 1.33. The molecule has 1 amide bonds. The van der Waals surface area contributed by atoms with Crippen LogP contribution >= 0.6 is 11.8 Å². The molecule has 15 heavy (non-hydrogen) atoms. The third-order valence-corrected chi connectivity index (χ3v) is 3.56. The lowest BCUT2D eigenvalue weighted by Crippen LogP contribution is -2.37. The van der Waals surface area contributed by atoms with Crippen LogP contribution in [0.3, 0.4) is 0 Å². The summed E-state index contributed by atoms with van der Waals surface area (Å²) in [5, 5.41) is 6.15. The van der Waals surface area contributed by atoms with Gasteiger partial charge in [-0.1, -0.05) is 20.8 Å². The fraction of sp³-hybridized carbons (Fsp3) is 0.909. The van der Waals surface area contributed by atoms with Gasteiger partial charge in [-0.05, 0) is 31.7 Å². The standard InChI is InChI=1S/C11H24N2OS/c1-5-15-10(9(2)3)11(14)13-8-6-7-12-4/h9-10,12H,5-8H2,1-4H3,(H,13,14). The van der Waals surface area contributed by atoms with Crippen molar-refractivity contribution in [2.45, 2.75) is 32.4 Å². The Kier molecular flexibility index (Phi) is 8.91. The number of carbonyl (C=O) groups is 1. The van der Waals surface area contributed by atoms with Crippen molar-refractivity contribution in [3.63, 3.8) is 0 Å². The Bertz CT molecular complexity index is 174. The van der Waals surface area contributed by atoms with Crippen LogP contribution in [0.5, 0.6) is 0 Å². The highest BCUT2D eigenvalue weighted by Crippen LogP contribution is 2.19. The lowest BCUT2D eigenvalue weighted by Gasteiger charge is -2.19. The number of amides is 1. The van der Waals surface area contributed by atoms with E-state index in [1.807, 2.05) is 7.05 Å². The summed E-state index contributed by atoms with van der Waals surface area (Å²) in [6, 6.07) is 0. The first kappa shape index (κ1) is 14.8. The molecule has 0 aromatic rings. The van der Waals surface area contributed by atoms with Gasteiger partial charge in [-0.25, -0.2) is 0 Å². The van der Waals surface area contributed by atoms with Crippen LogP contribution in [0.25, 0.3) is 0 Å². The zero-order chi connectivity index (χ0) is 11.7. The predicted octanol–water partition coefficient (Wildman–Crippen LogP) is 1.49. The largest absolute Gasteiger partial charge is 0.355 e. The van der Waals surface area contributed by atoms with Crippen LogP contribution in [0.4, 0.5) is 0 Å². The average Bonchev–Trinajstić information content (AvgIpc) is 2.20. The van der Waals surface area contributed by atoms with E-state index in [2.05, 4.69) is 31.4 Å². The molecule has 90 valence electrons. The smallest absolute Gasteiger partial charge is 0.233 e. The molecule has 0 heterocycles. The Morgan fingerprint density at radius 1 is 1.33 bits per heavy atom. The van der Waals surface area contributed by atoms with Gasteiger partial charge < -0.3 is 10.6 Å². The molecule has 0 aliphatic heterocycles. The van der Waals surface area contributed by atoms with Gasteiger partial charge in [-0.2, -0.15) is 0 Å².